The van der Waals surface area contributed by atoms with Crippen LogP contribution in [0.15, 0.2) is 24.3 Å². The van der Waals surface area contributed by atoms with Crippen LogP contribution < -0.4 is 5.73 Å². The topological polar surface area (TPSA) is 63.4 Å². The summed E-state index contributed by atoms with van der Waals surface area (Å²) in [6.07, 6.45) is 2.09. The van der Waals surface area contributed by atoms with Crippen LogP contribution in [-0.4, -0.2) is 45.5 Å². The molecule has 0 aliphatic rings. The lowest BCUT2D eigenvalue weighted by atomic mass is 9.99. The molecule has 0 fully saturated rings. The van der Waals surface area contributed by atoms with Crippen LogP contribution in [0.2, 0.25) is 0 Å². The zero-order chi connectivity index (χ0) is 14.5. The first-order valence-electron chi connectivity index (χ1n) is 6.47. The lowest BCUT2D eigenvalue weighted by Gasteiger charge is -2.20. The van der Waals surface area contributed by atoms with Gasteiger partial charge in [-0.05, 0) is 38.1 Å². The van der Waals surface area contributed by atoms with Crippen LogP contribution in [0.5, 0.6) is 0 Å². The average molecular weight is 284 g/mol. The summed E-state index contributed by atoms with van der Waals surface area (Å²) < 4.78 is 22.2. The fourth-order valence-corrected chi connectivity index (χ4v) is 2.59. The number of aryl methyl sites for hydroxylation is 1. The van der Waals surface area contributed by atoms with Gasteiger partial charge in [0.05, 0.1) is 5.75 Å². The molecule has 108 valence electrons. The molecular formula is C14H24N2O2S. The number of hydrogen-bond donors (Lipinski definition) is 1. The number of hydrogen-bond acceptors (Lipinski definition) is 4. The van der Waals surface area contributed by atoms with Crippen molar-refractivity contribution < 1.29 is 8.42 Å². The number of benzene rings is 1. The van der Waals surface area contributed by atoms with Crippen LogP contribution in [0.1, 0.15) is 23.6 Å². The quantitative estimate of drug-likeness (QED) is 0.821. The molecule has 0 bridgehead atoms. The summed E-state index contributed by atoms with van der Waals surface area (Å²) in [4.78, 5) is 2.01. The summed E-state index contributed by atoms with van der Waals surface area (Å²) in [5, 5.41) is 0. The summed E-state index contributed by atoms with van der Waals surface area (Å²) in [6, 6.07) is 8.11. The summed E-state index contributed by atoms with van der Waals surface area (Å²) in [5.41, 5.74) is 8.55. The maximum absolute atomic E-state index is 11.1. The van der Waals surface area contributed by atoms with Crippen molar-refractivity contribution in [3.63, 3.8) is 0 Å². The van der Waals surface area contributed by atoms with Gasteiger partial charge in [0.2, 0.25) is 0 Å². The van der Waals surface area contributed by atoms with Crippen molar-refractivity contribution >= 4 is 9.84 Å². The second kappa shape index (κ2) is 7.03. The third kappa shape index (κ3) is 6.18. The Labute approximate surface area is 116 Å². The van der Waals surface area contributed by atoms with Crippen LogP contribution in [0.25, 0.3) is 0 Å². The normalized spacial score (nSPS) is 13.7. The molecule has 0 heterocycles. The zero-order valence-electron chi connectivity index (χ0n) is 12.0. The van der Waals surface area contributed by atoms with E-state index < -0.39 is 9.84 Å². The van der Waals surface area contributed by atoms with Gasteiger partial charge in [0, 0.05) is 18.8 Å². The third-order valence-electron chi connectivity index (χ3n) is 3.25. The van der Waals surface area contributed by atoms with Crippen LogP contribution in [0.4, 0.5) is 0 Å². The molecule has 4 nitrogen and oxygen atoms in total. The molecule has 5 heteroatoms. The fourth-order valence-electron chi connectivity index (χ4n) is 1.95. The highest BCUT2D eigenvalue weighted by Crippen LogP contribution is 2.18. The molecular weight excluding hydrogens is 260 g/mol. The Bertz CT molecular complexity index is 500. The second-order valence-corrected chi connectivity index (χ2v) is 7.44. The first-order chi connectivity index (χ1) is 8.79. The van der Waals surface area contributed by atoms with Crippen molar-refractivity contribution in [2.75, 3.05) is 32.1 Å². The molecule has 0 radical (unpaired) electrons. The lowest BCUT2D eigenvalue weighted by Crippen LogP contribution is -2.28. The summed E-state index contributed by atoms with van der Waals surface area (Å²) in [7, 11) is -0.963. The van der Waals surface area contributed by atoms with E-state index in [0.717, 1.165) is 13.0 Å². The minimum absolute atomic E-state index is 0.00174. The highest BCUT2D eigenvalue weighted by atomic mass is 32.2. The van der Waals surface area contributed by atoms with Crippen molar-refractivity contribution in [2.24, 2.45) is 5.73 Å². The second-order valence-electron chi connectivity index (χ2n) is 5.18. The van der Waals surface area contributed by atoms with Gasteiger partial charge in [0.1, 0.15) is 9.84 Å². The van der Waals surface area contributed by atoms with Crippen LogP contribution in [0.3, 0.4) is 0 Å². The van der Waals surface area contributed by atoms with Crippen LogP contribution in [-0.2, 0) is 9.84 Å². The van der Waals surface area contributed by atoms with Gasteiger partial charge >= 0.3 is 0 Å². The van der Waals surface area contributed by atoms with Gasteiger partial charge in [0.15, 0.2) is 0 Å². The summed E-state index contributed by atoms with van der Waals surface area (Å²) in [5.74, 6) is 0.198. The molecule has 0 spiro atoms. The molecule has 0 saturated carbocycles. The minimum atomic E-state index is -2.89. The Morgan fingerprint density at radius 2 is 1.89 bits per heavy atom. The Morgan fingerprint density at radius 1 is 1.26 bits per heavy atom. The maximum Gasteiger partial charge on any atom is 0.148 e. The van der Waals surface area contributed by atoms with Gasteiger partial charge in [-0.15, -0.1) is 0 Å². The molecule has 0 aliphatic carbocycles. The minimum Gasteiger partial charge on any atom is -0.324 e. The van der Waals surface area contributed by atoms with Crippen LogP contribution in [0, 0.1) is 6.92 Å². The molecule has 0 amide bonds. The van der Waals surface area contributed by atoms with Gasteiger partial charge in [0.25, 0.3) is 0 Å². The Balaban J connectivity index is 2.42. The van der Waals surface area contributed by atoms with Gasteiger partial charge < -0.3 is 10.6 Å². The van der Waals surface area contributed by atoms with E-state index in [1.54, 1.807) is 0 Å². The van der Waals surface area contributed by atoms with E-state index in [-0.39, 0.29) is 11.8 Å². The Morgan fingerprint density at radius 3 is 2.47 bits per heavy atom. The van der Waals surface area contributed by atoms with Crippen molar-refractivity contribution in [3.05, 3.63) is 35.4 Å². The zero-order valence-corrected chi connectivity index (χ0v) is 12.8. The number of rotatable bonds is 7. The van der Waals surface area contributed by atoms with Crippen LogP contribution >= 0.6 is 0 Å². The van der Waals surface area contributed by atoms with E-state index in [9.17, 15) is 8.42 Å². The molecule has 1 atom stereocenters. The smallest absolute Gasteiger partial charge is 0.148 e. The lowest BCUT2D eigenvalue weighted by molar-refractivity contribution is 0.335. The van der Waals surface area contributed by atoms with Crippen molar-refractivity contribution in [1.82, 2.24) is 4.90 Å². The molecule has 19 heavy (non-hydrogen) atoms. The predicted molar refractivity (Wildman–Crippen MR) is 79.9 cm³/mol. The van der Waals surface area contributed by atoms with E-state index in [2.05, 4.69) is 19.1 Å². The summed E-state index contributed by atoms with van der Waals surface area (Å²) >= 11 is 0. The van der Waals surface area contributed by atoms with Gasteiger partial charge in [-0.25, -0.2) is 8.42 Å². The maximum atomic E-state index is 11.1. The highest BCUT2D eigenvalue weighted by molar-refractivity contribution is 7.90. The van der Waals surface area contributed by atoms with Crippen molar-refractivity contribution in [3.8, 4) is 0 Å². The molecule has 0 aromatic heterocycles. The SMILES string of the molecule is Cc1ccccc1C(N)CCN(C)CCS(C)(=O)=O. The molecule has 1 rings (SSSR count). The molecule has 2 N–H and O–H groups in total. The Kier molecular flexibility index (Phi) is 5.97. The first kappa shape index (κ1) is 16.1. The first-order valence-corrected chi connectivity index (χ1v) is 8.53. The van der Waals surface area contributed by atoms with Crippen molar-refractivity contribution in [2.45, 2.75) is 19.4 Å². The monoisotopic (exact) mass is 284 g/mol. The van der Waals surface area contributed by atoms with Crippen molar-refractivity contribution in [1.29, 1.82) is 0 Å². The Hall–Kier alpha value is -0.910. The third-order valence-corrected chi connectivity index (χ3v) is 4.18. The van der Waals surface area contributed by atoms with E-state index in [4.69, 9.17) is 5.73 Å². The van der Waals surface area contributed by atoms with Gasteiger partial charge in [-0.3, -0.25) is 0 Å². The summed E-state index contributed by atoms with van der Waals surface area (Å²) in [6.45, 7) is 3.41. The molecule has 1 aromatic carbocycles. The van der Waals surface area contributed by atoms with Gasteiger partial charge in [-0.1, -0.05) is 24.3 Å². The predicted octanol–water partition coefficient (Wildman–Crippen LogP) is 1.36. The number of sulfone groups is 1. The highest BCUT2D eigenvalue weighted by Gasteiger charge is 2.10. The average Bonchev–Trinajstić information content (AvgIpc) is 2.33. The molecule has 0 saturated heterocycles. The fraction of sp³-hybridized carbons (Fsp3) is 0.571. The van der Waals surface area contributed by atoms with E-state index >= 15 is 0 Å². The van der Waals surface area contributed by atoms with E-state index in [1.807, 2.05) is 24.1 Å². The number of nitrogens with two attached hydrogens (primary N) is 1. The number of nitrogens with zero attached hydrogens (tertiary/aromatic N) is 1. The van der Waals surface area contributed by atoms with E-state index in [0.29, 0.717) is 6.54 Å². The van der Waals surface area contributed by atoms with Gasteiger partial charge in [-0.2, -0.15) is 0 Å². The standard InChI is InChI=1S/C14H24N2O2S/c1-12-6-4-5-7-13(12)14(15)8-9-16(2)10-11-19(3,17)18/h4-7,14H,8-11,15H2,1-3H3. The molecule has 0 aliphatic heterocycles. The largest absolute Gasteiger partial charge is 0.324 e. The molecule has 1 unspecified atom stereocenters. The molecule has 1 aromatic rings. The van der Waals surface area contributed by atoms with E-state index in [1.165, 1.54) is 17.4 Å².